The molecule has 0 aliphatic heterocycles. The Kier molecular flexibility index (Phi) is 3.71. The average molecular weight is 298 g/mol. The fraction of sp³-hybridized carbons (Fsp3) is 0. The Morgan fingerprint density at radius 3 is 2.38 bits per heavy atom. The van der Waals surface area contributed by atoms with E-state index in [-0.39, 0.29) is 5.91 Å². The molecule has 3 aromatic rings. The number of nitrogens with zero attached hydrogens (tertiary/aromatic N) is 1. The van der Waals surface area contributed by atoms with Crippen LogP contribution < -0.4 is 5.32 Å². The Bertz CT molecular complexity index is 734. The van der Waals surface area contributed by atoms with Crippen LogP contribution in [0.15, 0.2) is 61.1 Å². The molecule has 1 aromatic heterocycles. The number of anilines is 1. The van der Waals surface area contributed by atoms with Crippen LogP contribution in [0.25, 0.3) is 11.3 Å². The van der Waals surface area contributed by atoms with E-state index in [1.165, 1.54) is 0 Å². The van der Waals surface area contributed by atoms with Crippen molar-refractivity contribution in [2.75, 3.05) is 5.32 Å². The molecule has 0 spiro atoms. The van der Waals surface area contributed by atoms with Crippen molar-refractivity contribution < 1.29 is 4.79 Å². The zero-order valence-electron chi connectivity index (χ0n) is 11.0. The van der Waals surface area contributed by atoms with Gasteiger partial charge in [-0.1, -0.05) is 23.7 Å². The highest BCUT2D eigenvalue weighted by molar-refractivity contribution is 6.30. The van der Waals surface area contributed by atoms with Crippen molar-refractivity contribution in [1.82, 2.24) is 9.97 Å². The Labute approximate surface area is 126 Å². The van der Waals surface area contributed by atoms with Crippen LogP contribution in [0.3, 0.4) is 0 Å². The molecule has 0 aliphatic carbocycles. The van der Waals surface area contributed by atoms with E-state index in [9.17, 15) is 4.79 Å². The van der Waals surface area contributed by atoms with Crippen LogP contribution in [0.1, 0.15) is 10.4 Å². The number of carbonyl (C=O) groups excluding carboxylic acids is 1. The first-order valence-corrected chi connectivity index (χ1v) is 6.76. The molecule has 0 fully saturated rings. The van der Waals surface area contributed by atoms with Crippen LogP contribution in [0, 0.1) is 0 Å². The molecule has 21 heavy (non-hydrogen) atoms. The summed E-state index contributed by atoms with van der Waals surface area (Å²) in [5.41, 5.74) is 3.25. The predicted molar refractivity (Wildman–Crippen MR) is 83.4 cm³/mol. The number of H-pyrrole nitrogens is 1. The standard InChI is InChI=1S/C16H12ClN3O/c17-13-5-1-12(2-6-13)16(21)20-14-7-3-11(4-8-14)15-9-18-10-19-15/h1-10H,(H,18,19)(H,20,21). The highest BCUT2D eigenvalue weighted by atomic mass is 35.5. The maximum Gasteiger partial charge on any atom is 0.255 e. The first-order chi connectivity index (χ1) is 10.2. The minimum atomic E-state index is -0.166. The van der Waals surface area contributed by atoms with Crippen LogP contribution in [0.5, 0.6) is 0 Å². The number of amides is 1. The molecule has 0 aliphatic rings. The quantitative estimate of drug-likeness (QED) is 0.768. The van der Waals surface area contributed by atoms with Crippen LogP contribution in [-0.4, -0.2) is 15.9 Å². The summed E-state index contributed by atoms with van der Waals surface area (Å²) in [5.74, 6) is -0.166. The summed E-state index contributed by atoms with van der Waals surface area (Å²) in [6.07, 6.45) is 3.38. The molecule has 0 bridgehead atoms. The number of rotatable bonds is 3. The number of imidazole rings is 1. The Morgan fingerprint density at radius 2 is 1.76 bits per heavy atom. The molecule has 0 unspecified atom stereocenters. The third kappa shape index (κ3) is 3.12. The van der Waals surface area contributed by atoms with E-state index in [1.807, 2.05) is 24.3 Å². The second-order valence-corrected chi connectivity index (χ2v) is 4.94. The van der Waals surface area contributed by atoms with E-state index in [0.717, 1.165) is 16.9 Å². The molecule has 0 radical (unpaired) electrons. The van der Waals surface area contributed by atoms with Gasteiger partial charge in [0.2, 0.25) is 0 Å². The lowest BCUT2D eigenvalue weighted by Crippen LogP contribution is -2.11. The van der Waals surface area contributed by atoms with Gasteiger partial charge in [0.1, 0.15) is 0 Å². The fourth-order valence-electron chi connectivity index (χ4n) is 1.95. The lowest BCUT2D eigenvalue weighted by Gasteiger charge is -2.06. The van der Waals surface area contributed by atoms with Gasteiger partial charge < -0.3 is 10.3 Å². The maximum absolute atomic E-state index is 12.1. The number of hydrogen-bond acceptors (Lipinski definition) is 2. The molecular formula is C16H12ClN3O. The molecule has 2 N–H and O–H groups in total. The summed E-state index contributed by atoms with van der Waals surface area (Å²) in [7, 11) is 0. The van der Waals surface area contributed by atoms with Gasteiger partial charge in [-0.25, -0.2) is 4.98 Å². The van der Waals surface area contributed by atoms with Gasteiger partial charge in [-0.3, -0.25) is 4.79 Å². The molecule has 0 saturated heterocycles. The summed E-state index contributed by atoms with van der Waals surface area (Å²) in [6, 6.07) is 14.3. The topological polar surface area (TPSA) is 57.8 Å². The first kappa shape index (κ1) is 13.4. The molecule has 4 nitrogen and oxygen atoms in total. The number of halogens is 1. The van der Waals surface area contributed by atoms with Gasteiger partial charge >= 0.3 is 0 Å². The van der Waals surface area contributed by atoms with E-state index < -0.39 is 0 Å². The lowest BCUT2D eigenvalue weighted by molar-refractivity contribution is 0.102. The number of aromatic amines is 1. The van der Waals surface area contributed by atoms with E-state index in [0.29, 0.717) is 10.6 Å². The fourth-order valence-corrected chi connectivity index (χ4v) is 2.08. The molecule has 1 heterocycles. The van der Waals surface area contributed by atoms with E-state index in [1.54, 1.807) is 36.8 Å². The number of aromatic nitrogens is 2. The monoisotopic (exact) mass is 297 g/mol. The third-order valence-corrected chi connectivity index (χ3v) is 3.31. The third-order valence-electron chi connectivity index (χ3n) is 3.06. The molecule has 1 amide bonds. The van der Waals surface area contributed by atoms with Crippen molar-refractivity contribution in [1.29, 1.82) is 0 Å². The molecule has 0 saturated carbocycles. The van der Waals surface area contributed by atoms with Gasteiger partial charge in [0.15, 0.2) is 0 Å². The molecular weight excluding hydrogens is 286 g/mol. The van der Waals surface area contributed by atoms with Gasteiger partial charge in [-0.15, -0.1) is 0 Å². The lowest BCUT2D eigenvalue weighted by atomic mass is 10.1. The number of hydrogen-bond donors (Lipinski definition) is 2. The molecule has 5 heteroatoms. The van der Waals surface area contributed by atoms with Crippen molar-refractivity contribution in [3.8, 4) is 11.3 Å². The predicted octanol–water partition coefficient (Wildman–Crippen LogP) is 3.98. The van der Waals surface area contributed by atoms with E-state index in [2.05, 4.69) is 15.3 Å². The molecule has 104 valence electrons. The zero-order chi connectivity index (χ0) is 14.7. The Hall–Kier alpha value is -2.59. The van der Waals surface area contributed by atoms with Crippen molar-refractivity contribution in [3.05, 3.63) is 71.6 Å². The van der Waals surface area contributed by atoms with E-state index in [4.69, 9.17) is 11.6 Å². The van der Waals surface area contributed by atoms with Gasteiger partial charge in [-0.2, -0.15) is 0 Å². The second kappa shape index (κ2) is 5.81. The minimum Gasteiger partial charge on any atom is -0.345 e. The average Bonchev–Trinajstić information content (AvgIpc) is 3.03. The summed E-state index contributed by atoms with van der Waals surface area (Å²) >= 11 is 5.80. The summed E-state index contributed by atoms with van der Waals surface area (Å²) in [5, 5.41) is 3.45. The normalized spacial score (nSPS) is 10.3. The van der Waals surface area contributed by atoms with Crippen LogP contribution >= 0.6 is 11.6 Å². The molecule has 2 aromatic carbocycles. The summed E-state index contributed by atoms with van der Waals surface area (Å²) in [6.45, 7) is 0. The SMILES string of the molecule is O=C(Nc1ccc(-c2cnc[nH]2)cc1)c1ccc(Cl)cc1. The zero-order valence-corrected chi connectivity index (χ0v) is 11.8. The van der Waals surface area contributed by atoms with Crippen molar-refractivity contribution in [3.63, 3.8) is 0 Å². The molecule has 0 atom stereocenters. The van der Waals surface area contributed by atoms with Gasteiger partial charge in [0, 0.05) is 16.3 Å². The van der Waals surface area contributed by atoms with Crippen molar-refractivity contribution >= 4 is 23.2 Å². The summed E-state index contributed by atoms with van der Waals surface area (Å²) < 4.78 is 0. The summed E-state index contributed by atoms with van der Waals surface area (Å²) in [4.78, 5) is 19.1. The number of benzene rings is 2. The van der Waals surface area contributed by atoms with Gasteiger partial charge in [0.25, 0.3) is 5.91 Å². The largest absolute Gasteiger partial charge is 0.345 e. The van der Waals surface area contributed by atoms with Gasteiger partial charge in [-0.05, 0) is 42.0 Å². The maximum atomic E-state index is 12.1. The Balaban J connectivity index is 1.73. The first-order valence-electron chi connectivity index (χ1n) is 6.38. The minimum absolute atomic E-state index is 0.166. The Morgan fingerprint density at radius 1 is 1.05 bits per heavy atom. The molecule has 3 rings (SSSR count). The van der Waals surface area contributed by atoms with E-state index >= 15 is 0 Å². The highest BCUT2D eigenvalue weighted by Crippen LogP contribution is 2.19. The number of nitrogens with one attached hydrogen (secondary N) is 2. The second-order valence-electron chi connectivity index (χ2n) is 4.50. The number of carbonyl (C=O) groups is 1. The van der Waals surface area contributed by atoms with Crippen molar-refractivity contribution in [2.45, 2.75) is 0 Å². The van der Waals surface area contributed by atoms with Crippen LogP contribution in [-0.2, 0) is 0 Å². The van der Waals surface area contributed by atoms with Crippen molar-refractivity contribution in [2.24, 2.45) is 0 Å². The van der Waals surface area contributed by atoms with Gasteiger partial charge in [0.05, 0.1) is 18.2 Å². The van der Waals surface area contributed by atoms with Crippen LogP contribution in [0.4, 0.5) is 5.69 Å². The smallest absolute Gasteiger partial charge is 0.255 e. The highest BCUT2D eigenvalue weighted by Gasteiger charge is 2.06. The van der Waals surface area contributed by atoms with Crippen LogP contribution in [0.2, 0.25) is 5.02 Å².